The first-order valence-electron chi connectivity index (χ1n) is 8.50. The molecule has 3 aromatic rings. The molecule has 0 unspecified atom stereocenters. The van der Waals surface area contributed by atoms with Crippen LogP contribution in [0.15, 0.2) is 91.5 Å². The second-order valence-corrected chi connectivity index (χ2v) is 6.15. The van der Waals surface area contributed by atoms with E-state index in [1.165, 1.54) is 16.7 Å². The molecule has 0 fully saturated rings. The molecular formula is C24H23N. The van der Waals surface area contributed by atoms with Crippen molar-refractivity contribution in [2.75, 3.05) is 0 Å². The predicted molar refractivity (Wildman–Crippen MR) is 109 cm³/mol. The molecule has 0 aliphatic carbocycles. The lowest BCUT2D eigenvalue weighted by Crippen LogP contribution is -2.12. The van der Waals surface area contributed by atoms with Gasteiger partial charge in [0.15, 0.2) is 0 Å². The van der Waals surface area contributed by atoms with E-state index in [0.29, 0.717) is 0 Å². The van der Waals surface area contributed by atoms with Crippen LogP contribution in [0.1, 0.15) is 29.2 Å². The van der Waals surface area contributed by atoms with Crippen LogP contribution in [0.4, 0.5) is 0 Å². The van der Waals surface area contributed by atoms with Crippen molar-refractivity contribution in [3.05, 3.63) is 114 Å². The van der Waals surface area contributed by atoms with E-state index in [-0.39, 0.29) is 0 Å². The molecule has 0 atom stereocenters. The van der Waals surface area contributed by atoms with Crippen LogP contribution in [0.3, 0.4) is 0 Å². The summed E-state index contributed by atoms with van der Waals surface area (Å²) in [5.41, 5.74) is 7.89. The first kappa shape index (κ1) is 16.8. The number of aryl methyl sites for hydroxylation is 1. The first-order chi connectivity index (χ1) is 12.2. The zero-order valence-corrected chi connectivity index (χ0v) is 14.8. The first-order valence-corrected chi connectivity index (χ1v) is 8.50. The standard InChI is InChI=1S/C24H23N/c1-18-12-10-11-17-23(18)20(3)25-24(22-15-8-5-9-16-22)19(2)21-13-6-4-7-14-21/h4-17,25H,3H2,1-2H3/b24-19+. The predicted octanol–water partition coefficient (Wildman–Crippen LogP) is 6.14. The summed E-state index contributed by atoms with van der Waals surface area (Å²) in [5.74, 6) is 0. The number of hydrogen-bond donors (Lipinski definition) is 1. The van der Waals surface area contributed by atoms with Crippen molar-refractivity contribution < 1.29 is 0 Å². The Balaban J connectivity index is 2.04. The van der Waals surface area contributed by atoms with Crippen LogP contribution < -0.4 is 5.32 Å². The number of allylic oxidation sites excluding steroid dienone is 1. The third kappa shape index (κ3) is 3.89. The highest BCUT2D eigenvalue weighted by atomic mass is 14.9. The molecule has 0 aliphatic rings. The summed E-state index contributed by atoms with van der Waals surface area (Å²) in [4.78, 5) is 0. The monoisotopic (exact) mass is 325 g/mol. The molecule has 0 spiro atoms. The largest absolute Gasteiger partial charge is 0.355 e. The third-order valence-corrected chi connectivity index (χ3v) is 4.39. The molecule has 3 rings (SSSR count). The van der Waals surface area contributed by atoms with Crippen LogP contribution in [0.2, 0.25) is 0 Å². The summed E-state index contributed by atoms with van der Waals surface area (Å²) < 4.78 is 0. The second kappa shape index (κ2) is 7.67. The fourth-order valence-electron chi connectivity index (χ4n) is 2.95. The van der Waals surface area contributed by atoms with Gasteiger partial charge in [-0.15, -0.1) is 0 Å². The van der Waals surface area contributed by atoms with Crippen LogP contribution in [0.25, 0.3) is 17.0 Å². The van der Waals surface area contributed by atoms with E-state index in [1.807, 2.05) is 18.2 Å². The summed E-state index contributed by atoms with van der Waals surface area (Å²) in [6, 6.07) is 29.2. The van der Waals surface area contributed by atoms with E-state index in [9.17, 15) is 0 Å². The molecule has 0 amide bonds. The minimum atomic E-state index is 0.909. The topological polar surface area (TPSA) is 12.0 Å². The highest BCUT2D eigenvalue weighted by Crippen LogP contribution is 2.27. The molecule has 0 saturated heterocycles. The van der Waals surface area contributed by atoms with Crippen molar-refractivity contribution in [3.8, 4) is 0 Å². The summed E-state index contributed by atoms with van der Waals surface area (Å²) >= 11 is 0. The van der Waals surface area contributed by atoms with Gasteiger partial charge in [0.05, 0.1) is 0 Å². The smallest absolute Gasteiger partial charge is 0.0493 e. The number of nitrogens with one attached hydrogen (secondary N) is 1. The Hall–Kier alpha value is -3.06. The van der Waals surface area contributed by atoms with Gasteiger partial charge in [0.2, 0.25) is 0 Å². The molecule has 1 nitrogen and oxygen atoms in total. The Labute approximate surface area is 150 Å². The van der Waals surface area contributed by atoms with Gasteiger partial charge in [0.25, 0.3) is 0 Å². The SMILES string of the molecule is C=C(N/C(=C(\C)c1ccccc1)c1ccccc1)c1ccccc1C. The summed E-state index contributed by atoms with van der Waals surface area (Å²) in [6.45, 7) is 8.54. The lowest BCUT2D eigenvalue weighted by Gasteiger charge is -2.19. The molecule has 3 aromatic carbocycles. The Kier molecular flexibility index (Phi) is 5.15. The second-order valence-electron chi connectivity index (χ2n) is 6.15. The van der Waals surface area contributed by atoms with Gasteiger partial charge in [-0.3, -0.25) is 0 Å². The molecule has 1 N–H and O–H groups in total. The molecule has 124 valence electrons. The fourth-order valence-corrected chi connectivity index (χ4v) is 2.95. The molecular weight excluding hydrogens is 302 g/mol. The van der Waals surface area contributed by atoms with Gasteiger partial charge in [0.1, 0.15) is 0 Å². The molecule has 0 saturated carbocycles. The summed E-state index contributed by atoms with van der Waals surface area (Å²) in [7, 11) is 0. The molecule has 0 radical (unpaired) electrons. The average Bonchev–Trinajstić information content (AvgIpc) is 2.67. The lowest BCUT2D eigenvalue weighted by atomic mass is 9.99. The molecule has 0 aromatic heterocycles. The minimum Gasteiger partial charge on any atom is -0.355 e. The Bertz CT molecular complexity index is 890. The van der Waals surface area contributed by atoms with Crippen molar-refractivity contribution in [1.29, 1.82) is 0 Å². The van der Waals surface area contributed by atoms with Gasteiger partial charge in [-0.25, -0.2) is 0 Å². The molecule has 0 bridgehead atoms. The Morgan fingerprint density at radius 3 is 1.84 bits per heavy atom. The number of benzene rings is 3. The van der Waals surface area contributed by atoms with Crippen molar-refractivity contribution in [2.45, 2.75) is 13.8 Å². The Morgan fingerprint density at radius 2 is 1.24 bits per heavy atom. The average molecular weight is 325 g/mol. The van der Waals surface area contributed by atoms with Gasteiger partial charge < -0.3 is 5.32 Å². The summed E-state index contributed by atoms with van der Waals surface area (Å²) in [6.07, 6.45) is 0. The fraction of sp³-hybridized carbons (Fsp3) is 0.0833. The van der Waals surface area contributed by atoms with E-state index in [1.54, 1.807) is 0 Å². The maximum absolute atomic E-state index is 4.28. The van der Waals surface area contributed by atoms with Gasteiger partial charge in [-0.2, -0.15) is 0 Å². The van der Waals surface area contributed by atoms with E-state index in [2.05, 4.69) is 92.5 Å². The molecule has 1 heteroatoms. The molecule has 25 heavy (non-hydrogen) atoms. The lowest BCUT2D eigenvalue weighted by molar-refractivity contribution is 1.22. The van der Waals surface area contributed by atoms with Crippen molar-refractivity contribution in [3.63, 3.8) is 0 Å². The zero-order valence-electron chi connectivity index (χ0n) is 14.8. The molecule has 0 aliphatic heterocycles. The number of rotatable bonds is 5. The normalized spacial score (nSPS) is 11.6. The van der Waals surface area contributed by atoms with Crippen LogP contribution in [-0.2, 0) is 0 Å². The quantitative estimate of drug-likeness (QED) is 0.555. The zero-order chi connectivity index (χ0) is 17.6. The minimum absolute atomic E-state index is 0.909. The maximum atomic E-state index is 4.28. The van der Waals surface area contributed by atoms with Crippen LogP contribution >= 0.6 is 0 Å². The van der Waals surface area contributed by atoms with Crippen LogP contribution in [0, 0.1) is 6.92 Å². The van der Waals surface area contributed by atoms with Crippen molar-refractivity contribution in [1.82, 2.24) is 5.32 Å². The third-order valence-electron chi connectivity index (χ3n) is 4.39. The summed E-state index contributed by atoms with van der Waals surface area (Å²) in [5, 5.41) is 3.57. The van der Waals surface area contributed by atoms with Gasteiger partial charge >= 0.3 is 0 Å². The highest BCUT2D eigenvalue weighted by molar-refractivity contribution is 5.92. The van der Waals surface area contributed by atoms with E-state index >= 15 is 0 Å². The highest BCUT2D eigenvalue weighted by Gasteiger charge is 2.10. The molecule has 0 heterocycles. The van der Waals surface area contributed by atoms with Gasteiger partial charge in [0, 0.05) is 17.0 Å². The van der Waals surface area contributed by atoms with Crippen molar-refractivity contribution in [2.24, 2.45) is 0 Å². The van der Waals surface area contributed by atoms with E-state index in [4.69, 9.17) is 0 Å². The van der Waals surface area contributed by atoms with E-state index in [0.717, 1.165) is 22.5 Å². The van der Waals surface area contributed by atoms with Gasteiger partial charge in [-0.05, 0) is 36.1 Å². The number of hydrogen-bond acceptors (Lipinski definition) is 1. The van der Waals surface area contributed by atoms with E-state index < -0.39 is 0 Å². The maximum Gasteiger partial charge on any atom is 0.0493 e. The van der Waals surface area contributed by atoms with Crippen LogP contribution in [0.5, 0.6) is 0 Å². The Morgan fingerprint density at radius 1 is 0.720 bits per heavy atom. The van der Waals surface area contributed by atoms with Gasteiger partial charge in [-0.1, -0.05) is 91.5 Å². The van der Waals surface area contributed by atoms with Crippen molar-refractivity contribution >= 4 is 17.0 Å². The van der Waals surface area contributed by atoms with Crippen LogP contribution in [-0.4, -0.2) is 0 Å².